The number of nitrogens with zero attached hydrogens (tertiary/aromatic N) is 3. The van der Waals surface area contributed by atoms with Crippen molar-refractivity contribution in [3.05, 3.63) is 45.9 Å². The Morgan fingerprint density at radius 1 is 1.50 bits per heavy atom. The molecule has 0 radical (unpaired) electrons. The summed E-state index contributed by atoms with van der Waals surface area (Å²) in [5, 5.41) is 15.8. The van der Waals surface area contributed by atoms with Crippen LogP contribution in [0, 0.1) is 17.1 Å². The molecule has 0 unspecified atom stereocenters. The van der Waals surface area contributed by atoms with Crippen molar-refractivity contribution in [3.8, 4) is 6.07 Å². The molecule has 0 spiro atoms. The summed E-state index contributed by atoms with van der Waals surface area (Å²) < 4.78 is 15.8. The van der Waals surface area contributed by atoms with Crippen LogP contribution in [0.5, 0.6) is 0 Å². The highest BCUT2D eigenvalue weighted by Gasteiger charge is 2.11. The number of nitriles is 1. The van der Waals surface area contributed by atoms with Crippen LogP contribution in [0.2, 0.25) is 0 Å². The first-order chi connectivity index (χ1) is 8.63. The van der Waals surface area contributed by atoms with Gasteiger partial charge in [0.15, 0.2) is 5.82 Å². The van der Waals surface area contributed by atoms with Gasteiger partial charge < -0.3 is 5.32 Å². The van der Waals surface area contributed by atoms with Crippen LogP contribution >= 0.6 is 15.9 Å². The first-order valence-corrected chi connectivity index (χ1v) is 6.01. The maximum Gasteiger partial charge on any atom is 0.161 e. The molecule has 0 saturated carbocycles. The number of halogens is 2. The minimum absolute atomic E-state index is 0.181. The highest BCUT2D eigenvalue weighted by atomic mass is 79.9. The molecule has 1 N–H and O–H groups in total. The fraction of sp³-hybridized carbons (Fsp3) is 0.167. The summed E-state index contributed by atoms with van der Waals surface area (Å²) >= 11 is 3.07. The van der Waals surface area contributed by atoms with Gasteiger partial charge in [-0.05, 0) is 34.1 Å². The smallest absolute Gasteiger partial charge is 0.161 e. The van der Waals surface area contributed by atoms with Crippen LogP contribution in [0.4, 0.5) is 10.1 Å². The molecule has 0 aliphatic heterocycles. The SMILES string of the molecule is Cn1nccc1CNc1ccc(C#N)c(Br)c1F. The second-order valence-electron chi connectivity index (χ2n) is 3.70. The van der Waals surface area contributed by atoms with Crippen LogP contribution in [0.15, 0.2) is 28.9 Å². The zero-order valence-electron chi connectivity index (χ0n) is 9.61. The van der Waals surface area contributed by atoms with E-state index in [1.54, 1.807) is 23.0 Å². The monoisotopic (exact) mass is 308 g/mol. The second-order valence-corrected chi connectivity index (χ2v) is 4.49. The third-order valence-corrected chi connectivity index (χ3v) is 3.36. The van der Waals surface area contributed by atoms with Crippen LogP contribution in [-0.2, 0) is 13.6 Å². The van der Waals surface area contributed by atoms with Crippen LogP contribution in [-0.4, -0.2) is 9.78 Å². The highest BCUT2D eigenvalue weighted by Crippen LogP contribution is 2.26. The predicted molar refractivity (Wildman–Crippen MR) is 69.3 cm³/mol. The molecule has 1 aromatic carbocycles. The van der Waals surface area contributed by atoms with Gasteiger partial charge >= 0.3 is 0 Å². The molecule has 2 aromatic rings. The summed E-state index contributed by atoms with van der Waals surface area (Å²) in [7, 11) is 1.82. The maximum atomic E-state index is 13.9. The van der Waals surface area contributed by atoms with Crippen LogP contribution in [0.25, 0.3) is 0 Å². The Hall–Kier alpha value is -1.87. The minimum Gasteiger partial charge on any atom is -0.377 e. The van der Waals surface area contributed by atoms with E-state index in [-0.39, 0.29) is 10.0 Å². The van der Waals surface area contributed by atoms with Gasteiger partial charge in [0.05, 0.1) is 28.0 Å². The third kappa shape index (κ3) is 2.36. The van der Waals surface area contributed by atoms with Crippen LogP contribution in [0.1, 0.15) is 11.3 Å². The lowest BCUT2D eigenvalue weighted by Gasteiger charge is -2.09. The van der Waals surface area contributed by atoms with Crippen molar-refractivity contribution >= 4 is 21.6 Å². The minimum atomic E-state index is -0.462. The van der Waals surface area contributed by atoms with Gasteiger partial charge in [-0.25, -0.2) is 4.39 Å². The average Bonchev–Trinajstić information content (AvgIpc) is 2.77. The molecular formula is C12H10BrFN4. The number of hydrogen-bond acceptors (Lipinski definition) is 3. The van der Waals surface area contributed by atoms with Crippen LogP contribution < -0.4 is 5.32 Å². The van der Waals surface area contributed by atoms with E-state index in [1.807, 2.05) is 19.2 Å². The van der Waals surface area contributed by atoms with Crippen molar-refractivity contribution in [1.29, 1.82) is 5.26 Å². The molecule has 1 heterocycles. The largest absolute Gasteiger partial charge is 0.377 e. The molecule has 6 heteroatoms. The molecule has 0 aliphatic carbocycles. The zero-order chi connectivity index (χ0) is 13.1. The fourth-order valence-electron chi connectivity index (χ4n) is 1.53. The number of aromatic nitrogens is 2. The van der Waals surface area contributed by atoms with E-state index in [9.17, 15) is 4.39 Å². The Labute approximate surface area is 112 Å². The van der Waals surface area contributed by atoms with Gasteiger partial charge in [-0.15, -0.1) is 0 Å². The lowest BCUT2D eigenvalue weighted by atomic mass is 10.2. The van der Waals surface area contributed by atoms with Crippen molar-refractivity contribution in [1.82, 2.24) is 9.78 Å². The Kier molecular flexibility index (Phi) is 3.63. The lowest BCUT2D eigenvalue weighted by Crippen LogP contribution is -2.07. The summed E-state index contributed by atoms with van der Waals surface area (Å²) in [6.45, 7) is 0.464. The first-order valence-electron chi connectivity index (χ1n) is 5.22. The van der Waals surface area contributed by atoms with Crippen molar-refractivity contribution in [2.24, 2.45) is 7.05 Å². The van der Waals surface area contributed by atoms with E-state index in [1.165, 1.54) is 0 Å². The molecule has 2 rings (SSSR count). The van der Waals surface area contributed by atoms with Crippen molar-refractivity contribution in [2.75, 3.05) is 5.32 Å². The fourth-order valence-corrected chi connectivity index (χ4v) is 1.97. The molecule has 0 fully saturated rings. The first kappa shape index (κ1) is 12.6. The van der Waals surface area contributed by atoms with E-state index < -0.39 is 5.82 Å². The summed E-state index contributed by atoms with van der Waals surface area (Å²) in [5.74, 6) is -0.462. The van der Waals surface area contributed by atoms with Crippen LogP contribution in [0.3, 0.4) is 0 Å². The van der Waals surface area contributed by atoms with Gasteiger partial charge in [0.2, 0.25) is 0 Å². The lowest BCUT2D eigenvalue weighted by molar-refractivity contribution is 0.622. The van der Waals surface area contributed by atoms with E-state index in [2.05, 4.69) is 26.3 Å². The second kappa shape index (κ2) is 5.19. The van der Waals surface area contributed by atoms with E-state index in [0.717, 1.165) is 5.69 Å². The van der Waals surface area contributed by atoms with Gasteiger partial charge in [0.25, 0.3) is 0 Å². The maximum absolute atomic E-state index is 13.9. The number of nitrogens with one attached hydrogen (secondary N) is 1. The molecular weight excluding hydrogens is 299 g/mol. The molecule has 0 atom stereocenters. The molecule has 0 saturated heterocycles. The van der Waals surface area contributed by atoms with Crippen molar-refractivity contribution in [2.45, 2.75) is 6.54 Å². The quantitative estimate of drug-likeness (QED) is 0.948. The Balaban J connectivity index is 2.19. The highest BCUT2D eigenvalue weighted by molar-refractivity contribution is 9.10. The molecule has 0 aliphatic rings. The Bertz CT molecular complexity index is 615. The Morgan fingerprint density at radius 2 is 2.28 bits per heavy atom. The molecule has 0 bridgehead atoms. The molecule has 92 valence electrons. The summed E-state index contributed by atoms with van der Waals surface area (Å²) in [6, 6.07) is 6.88. The third-order valence-electron chi connectivity index (χ3n) is 2.59. The van der Waals surface area contributed by atoms with Gasteiger partial charge in [-0.3, -0.25) is 4.68 Å². The van der Waals surface area contributed by atoms with Gasteiger partial charge in [-0.1, -0.05) is 0 Å². The van der Waals surface area contributed by atoms with E-state index >= 15 is 0 Å². The summed E-state index contributed by atoms with van der Waals surface area (Å²) in [4.78, 5) is 0. The standard InChI is InChI=1S/C12H10BrFN4/c1-18-9(4-5-17-18)7-16-10-3-2-8(6-15)11(13)12(10)14/h2-5,16H,7H2,1H3. The van der Waals surface area contributed by atoms with E-state index in [4.69, 9.17) is 5.26 Å². The number of hydrogen-bond donors (Lipinski definition) is 1. The number of aryl methyl sites for hydroxylation is 1. The predicted octanol–water partition coefficient (Wildman–Crippen LogP) is 2.81. The molecule has 1 aromatic heterocycles. The zero-order valence-corrected chi connectivity index (χ0v) is 11.2. The number of rotatable bonds is 3. The normalized spacial score (nSPS) is 10.1. The Morgan fingerprint density at radius 3 is 2.89 bits per heavy atom. The van der Waals surface area contributed by atoms with Gasteiger partial charge in [0.1, 0.15) is 6.07 Å². The molecule has 18 heavy (non-hydrogen) atoms. The number of benzene rings is 1. The topological polar surface area (TPSA) is 53.6 Å². The molecule has 4 nitrogen and oxygen atoms in total. The summed E-state index contributed by atoms with van der Waals surface area (Å²) in [5.41, 5.74) is 1.57. The number of anilines is 1. The average molecular weight is 309 g/mol. The molecule has 0 amide bonds. The van der Waals surface area contributed by atoms with Crippen molar-refractivity contribution in [3.63, 3.8) is 0 Å². The van der Waals surface area contributed by atoms with Gasteiger partial charge in [0, 0.05) is 13.2 Å². The van der Waals surface area contributed by atoms with Crippen molar-refractivity contribution < 1.29 is 4.39 Å². The van der Waals surface area contributed by atoms with E-state index in [0.29, 0.717) is 12.2 Å². The van der Waals surface area contributed by atoms with Gasteiger partial charge in [-0.2, -0.15) is 10.4 Å². The summed E-state index contributed by atoms with van der Waals surface area (Å²) in [6.07, 6.45) is 1.68.